The maximum atomic E-state index is 10.6. The van der Waals surface area contributed by atoms with Crippen LogP contribution in [0.2, 0.25) is 0 Å². The molecule has 2 N–H and O–H groups in total. The zero-order chi connectivity index (χ0) is 11.1. The van der Waals surface area contributed by atoms with Crippen LogP contribution in [0.4, 0.5) is 0 Å². The van der Waals surface area contributed by atoms with Crippen molar-refractivity contribution in [3.63, 3.8) is 0 Å². The fourth-order valence-electron chi connectivity index (χ4n) is 1.47. The molecule has 0 fully saturated rings. The highest BCUT2D eigenvalue weighted by molar-refractivity contribution is 5.85. The van der Waals surface area contributed by atoms with Gasteiger partial charge in [0.2, 0.25) is 0 Å². The van der Waals surface area contributed by atoms with Crippen LogP contribution < -0.4 is 0 Å². The molecule has 0 rings (SSSR count). The minimum absolute atomic E-state index is 0.112. The summed E-state index contributed by atoms with van der Waals surface area (Å²) in [4.78, 5) is 10.6. The van der Waals surface area contributed by atoms with Gasteiger partial charge in [-0.25, -0.2) is 4.79 Å². The Labute approximate surface area is 85.4 Å². The summed E-state index contributed by atoms with van der Waals surface area (Å²) in [7, 11) is 0. The highest BCUT2D eigenvalue weighted by Gasteiger charge is 2.10. The van der Waals surface area contributed by atoms with E-state index in [4.69, 9.17) is 10.2 Å². The second-order valence-electron chi connectivity index (χ2n) is 4.06. The Morgan fingerprint density at radius 1 is 1.43 bits per heavy atom. The van der Waals surface area contributed by atoms with Crippen molar-refractivity contribution in [2.75, 3.05) is 6.61 Å². The maximum absolute atomic E-state index is 10.6. The number of allylic oxidation sites excluding steroid dienone is 1. The van der Waals surface area contributed by atoms with Gasteiger partial charge in [-0.1, -0.05) is 19.9 Å². The molecule has 0 amide bonds. The lowest BCUT2D eigenvalue weighted by molar-refractivity contribution is -0.132. The molecule has 0 spiro atoms. The van der Waals surface area contributed by atoms with Gasteiger partial charge in [0, 0.05) is 12.2 Å². The number of carbonyl (C=O) groups is 1. The molecule has 1 atom stereocenters. The minimum atomic E-state index is -0.878. The average Bonchev–Trinajstić information content (AvgIpc) is 2.02. The molecule has 0 aliphatic heterocycles. The van der Waals surface area contributed by atoms with Crippen molar-refractivity contribution in [3.8, 4) is 0 Å². The van der Waals surface area contributed by atoms with E-state index in [0.29, 0.717) is 17.9 Å². The monoisotopic (exact) mass is 200 g/mol. The third-order valence-electron chi connectivity index (χ3n) is 2.10. The summed E-state index contributed by atoms with van der Waals surface area (Å²) < 4.78 is 0. The molecule has 3 nitrogen and oxygen atoms in total. The number of aliphatic carboxylic acids is 1. The topological polar surface area (TPSA) is 57.5 Å². The van der Waals surface area contributed by atoms with Gasteiger partial charge in [-0.2, -0.15) is 0 Å². The molecule has 1 unspecified atom stereocenters. The predicted octanol–water partition coefficient (Wildman–Crippen LogP) is 2.06. The zero-order valence-corrected chi connectivity index (χ0v) is 9.16. The molecule has 82 valence electrons. The lowest BCUT2D eigenvalue weighted by Gasteiger charge is -2.14. The van der Waals surface area contributed by atoms with Crippen molar-refractivity contribution < 1.29 is 15.0 Å². The van der Waals surface area contributed by atoms with Crippen LogP contribution in [0.15, 0.2) is 11.6 Å². The first-order valence-corrected chi connectivity index (χ1v) is 5.00. The van der Waals surface area contributed by atoms with E-state index in [0.717, 1.165) is 6.42 Å². The van der Waals surface area contributed by atoms with Crippen molar-refractivity contribution in [1.29, 1.82) is 0 Å². The fraction of sp³-hybridized carbons (Fsp3) is 0.727. The smallest absolute Gasteiger partial charge is 0.330 e. The molecule has 0 aromatic rings. The summed E-state index contributed by atoms with van der Waals surface area (Å²) in [6.07, 6.45) is 3.31. The highest BCUT2D eigenvalue weighted by atomic mass is 16.4. The van der Waals surface area contributed by atoms with Crippen molar-refractivity contribution in [2.45, 2.75) is 33.6 Å². The van der Waals surface area contributed by atoms with Crippen LogP contribution in [0, 0.1) is 11.8 Å². The number of hydrogen-bond donors (Lipinski definition) is 2. The van der Waals surface area contributed by atoms with Gasteiger partial charge < -0.3 is 10.2 Å². The Bertz CT molecular complexity index is 207. The van der Waals surface area contributed by atoms with Gasteiger partial charge in [0.1, 0.15) is 0 Å². The van der Waals surface area contributed by atoms with Crippen molar-refractivity contribution in [1.82, 2.24) is 0 Å². The lowest BCUT2D eigenvalue weighted by atomic mass is 9.92. The summed E-state index contributed by atoms with van der Waals surface area (Å²) >= 11 is 0. The summed E-state index contributed by atoms with van der Waals surface area (Å²) in [6, 6.07) is 0. The van der Waals surface area contributed by atoms with Gasteiger partial charge >= 0.3 is 5.97 Å². The van der Waals surface area contributed by atoms with Crippen molar-refractivity contribution >= 4 is 5.97 Å². The summed E-state index contributed by atoms with van der Waals surface area (Å²) in [5.74, 6) is -0.183. The first-order chi connectivity index (χ1) is 6.47. The molecule has 0 bridgehead atoms. The van der Waals surface area contributed by atoms with E-state index >= 15 is 0 Å². The van der Waals surface area contributed by atoms with Gasteiger partial charge in [-0.05, 0) is 31.6 Å². The zero-order valence-electron chi connectivity index (χ0n) is 9.16. The third-order valence-corrected chi connectivity index (χ3v) is 2.10. The molecule has 0 radical (unpaired) electrons. The SMILES string of the molecule is C/C(=C\C(CCO)CC(C)C)C(=O)O. The van der Waals surface area contributed by atoms with Crippen LogP contribution in [-0.4, -0.2) is 22.8 Å². The van der Waals surface area contributed by atoms with Crippen LogP contribution in [0.1, 0.15) is 33.6 Å². The number of carboxylic acid groups (broad SMARTS) is 1. The normalized spacial score (nSPS) is 14.5. The van der Waals surface area contributed by atoms with Crippen LogP contribution in [0.3, 0.4) is 0 Å². The molecule has 0 aromatic heterocycles. The first kappa shape index (κ1) is 13.2. The third kappa shape index (κ3) is 5.75. The molecule has 0 aromatic carbocycles. The number of rotatable bonds is 6. The Morgan fingerprint density at radius 2 is 2.00 bits per heavy atom. The molecule has 0 aliphatic rings. The van der Waals surface area contributed by atoms with Crippen LogP contribution >= 0.6 is 0 Å². The van der Waals surface area contributed by atoms with Gasteiger partial charge in [-0.3, -0.25) is 0 Å². The number of carboxylic acids is 1. The maximum Gasteiger partial charge on any atom is 0.330 e. The van der Waals surface area contributed by atoms with E-state index in [1.807, 2.05) is 0 Å². The van der Waals surface area contributed by atoms with E-state index in [1.165, 1.54) is 0 Å². The average molecular weight is 200 g/mol. The molecular weight excluding hydrogens is 180 g/mol. The summed E-state index contributed by atoms with van der Waals surface area (Å²) in [5, 5.41) is 17.5. The summed E-state index contributed by atoms with van der Waals surface area (Å²) in [5.41, 5.74) is 0.365. The molecule has 0 heterocycles. The number of aliphatic hydroxyl groups excluding tert-OH is 1. The van der Waals surface area contributed by atoms with Gasteiger partial charge in [0.25, 0.3) is 0 Å². The lowest BCUT2D eigenvalue weighted by Crippen LogP contribution is -2.07. The summed E-state index contributed by atoms with van der Waals surface area (Å²) in [6.45, 7) is 5.89. The van der Waals surface area contributed by atoms with E-state index in [2.05, 4.69) is 13.8 Å². The van der Waals surface area contributed by atoms with E-state index in [1.54, 1.807) is 13.0 Å². The van der Waals surface area contributed by atoms with Gasteiger partial charge in [0.05, 0.1) is 0 Å². The second kappa shape index (κ2) is 6.60. The van der Waals surface area contributed by atoms with Crippen LogP contribution in [0.25, 0.3) is 0 Å². The molecule has 0 aliphatic carbocycles. The molecule has 3 heteroatoms. The molecule has 0 saturated carbocycles. The number of hydrogen-bond acceptors (Lipinski definition) is 2. The Balaban J connectivity index is 4.34. The van der Waals surface area contributed by atoms with Crippen molar-refractivity contribution in [3.05, 3.63) is 11.6 Å². The number of aliphatic hydroxyl groups is 1. The quantitative estimate of drug-likeness (QED) is 0.645. The standard InChI is InChI=1S/C11H20O3/c1-8(2)6-10(4-5-12)7-9(3)11(13)14/h7-8,10,12H,4-6H2,1-3H3,(H,13,14)/b9-7+. The predicted molar refractivity (Wildman–Crippen MR) is 56.0 cm³/mol. The molecule has 14 heavy (non-hydrogen) atoms. The van der Waals surface area contributed by atoms with E-state index in [9.17, 15) is 4.79 Å². The Morgan fingerprint density at radius 3 is 2.36 bits per heavy atom. The van der Waals surface area contributed by atoms with E-state index in [-0.39, 0.29) is 12.5 Å². The Kier molecular flexibility index (Phi) is 6.21. The van der Waals surface area contributed by atoms with Crippen molar-refractivity contribution in [2.24, 2.45) is 11.8 Å². The first-order valence-electron chi connectivity index (χ1n) is 5.00. The molecular formula is C11H20O3. The van der Waals surface area contributed by atoms with Crippen LogP contribution in [0.5, 0.6) is 0 Å². The van der Waals surface area contributed by atoms with Crippen LogP contribution in [-0.2, 0) is 4.79 Å². The minimum Gasteiger partial charge on any atom is -0.478 e. The van der Waals surface area contributed by atoms with E-state index < -0.39 is 5.97 Å². The fourth-order valence-corrected chi connectivity index (χ4v) is 1.47. The second-order valence-corrected chi connectivity index (χ2v) is 4.06. The van der Waals surface area contributed by atoms with Gasteiger partial charge in [0.15, 0.2) is 0 Å². The largest absolute Gasteiger partial charge is 0.478 e. The van der Waals surface area contributed by atoms with Gasteiger partial charge in [-0.15, -0.1) is 0 Å². The highest BCUT2D eigenvalue weighted by Crippen LogP contribution is 2.18. The molecule has 0 saturated heterocycles. The Hall–Kier alpha value is -0.830.